The maximum atomic E-state index is 6.01. The summed E-state index contributed by atoms with van der Waals surface area (Å²) in [4.78, 5) is 9.16. The van der Waals surface area contributed by atoms with Crippen molar-refractivity contribution in [2.45, 2.75) is 20.3 Å². The van der Waals surface area contributed by atoms with Crippen molar-refractivity contribution in [3.05, 3.63) is 39.0 Å². The van der Waals surface area contributed by atoms with E-state index in [-0.39, 0.29) is 0 Å². The first kappa shape index (κ1) is 14.3. The molecule has 1 N–H and O–H groups in total. The second-order valence-electron chi connectivity index (χ2n) is 4.19. The summed E-state index contributed by atoms with van der Waals surface area (Å²) in [6, 6.07) is 5.70. The van der Waals surface area contributed by atoms with Crippen LogP contribution in [0.4, 0.5) is 5.82 Å². The highest BCUT2D eigenvalue weighted by Crippen LogP contribution is 2.28. The van der Waals surface area contributed by atoms with Crippen molar-refractivity contribution in [2.75, 3.05) is 12.4 Å². The largest absolute Gasteiger partial charge is 0.373 e. The fourth-order valence-corrected chi connectivity index (χ4v) is 2.49. The molecule has 19 heavy (non-hydrogen) atoms. The minimum atomic E-state index is 0.680. The van der Waals surface area contributed by atoms with Gasteiger partial charge in [0.2, 0.25) is 0 Å². The van der Waals surface area contributed by atoms with Crippen molar-refractivity contribution in [3.8, 4) is 11.4 Å². The number of hydrogen-bond acceptors (Lipinski definition) is 3. The van der Waals surface area contributed by atoms with E-state index in [1.165, 1.54) is 0 Å². The maximum absolute atomic E-state index is 6.01. The van der Waals surface area contributed by atoms with Gasteiger partial charge in [-0.3, -0.25) is 0 Å². The SMILES string of the molecule is CCc1c(C)nc(-c2ccc(Cl)c(Br)c2)nc1NC. The normalized spacial score (nSPS) is 10.6. The number of nitrogens with one attached hydrogen (secondary N) is 1. The Kier molecular flexibility index (Phi) is 4.42. The molecule has 5 heteroatoms. The van der Waals surface area contributed by atoms with E-state index in [0.29, 0.717) is 10.8 Å². The standard InChI is InChI=1S/C14H15BrClN3/c1-4-10-8(2)18-13(19-14(10)17-3)9-5-6-12(16)11(15)7-9/h5-7H,4H2,1-3H3,(H,17,18,19). The Morgan fingerprint density at radius 2 is 2.05 bits per heavy atom. The Morgan fingerprint density at radius 1 is 1.32 bits per heavy atom. The second-order valence-corrected chi connectivity index (χ2v) is 5.45. The summed E-state index contributed by atoms with van der Waals surface area (Å²) in [6.45, 7) is 4.11. The molecule has 0 spiro atoms. The molecule has 2 rings (SSSR count). The summed E-state index contributed by atoms with van der Waals surface area (Å²) in [5.74, 6) is 1.59. The Labute approximate surface area is 126 Å². The van der Waals surface area contributed by atoms with Crippen LogP contribution in [0.25, 0.3) is 11.4 Å². The first-order chi connectivity index (χ1) is 9.06. The molecule has 0 saturated carbocycles. The van der Waals surface area contributed by atoms with Crippen molar-refractivity contribution < 1.29 is 0 Å². The molecule has 1 aromatic carbocycles. The van der Waals surface area contributed by atoms with E-state index in [4.69, 9.17) is 11.6 Å². The van der Waals surface area contributed by atoms with Crippen LogP contribution in [0.2, 0.25) is 5.02 Å². The summed E-state index contributed by atoms with van der Waals surface area (Å²) in [6.07, 6.45) is 0.909. The predicted octanol–water partition coefficient (Wildman–Crippen LogP) is 4.47. The van der Waals surface area contributed by atoms with Crippen LogP contribution in [0.3, 0.4) is 0 Å². The Hall–Kier alpha value is -1.13. The average molecular weight is 341 g/mol. The second kappa shape index (κ2) is 5.88. The van der Waals surface area contributed by atoms with Gasteiger partial charge in [-0.05, 0) is 47.5 Å². The topological polar surface area (TPSA) is 37.8 Å². The van der Waals surface area contributed by atoms with E-state index >= 15 is 0 Å². The lowest BCUT2D eigenvalue weighted by molar-refractivity contribution is 1.00. The van der Waals surface area contributed by atoms with Gasteiger partial charge in [0.15, 0.2) is 5.82 Å². The molecular weight excluding hydrogens is 326 g/mol. The quantitative estimate of drug-likeness (QED) is 0.895. The zero-order chi connectivity index (χ0) is 14.0. The molecule has 0 unspecified atom stereocenters. The van der Waals surface area contributed by atoms with E-state index in [1.54, 1.807) is 0 Å². The Morgan fingerprint density at radius 3 is 2.63 bits per heavy atom. The molecule has 2 aromatic rings. The number of halogens is 2. The van der Waals surface area contributed by atoms with Gasteiger partial charge in [-0.1, -0.05) is 18.5 Å². The number of anilines is 1. The van der Waals surface area contributed by atoms with Gasteiger partial charge in [0.25, 0.3) is 0 Å². The third-order valence-corrected chi connectivity index (χ3v) is 4.20. The molecule has 3 nitrogen and oxygen atoms in total. The average Bonchev–Trinajstić information content (AvgIpc) is 2.40. The molecule has 1 aromatic heterocycles. The minimum absolute atomic E-state index is 0.680. The summed E-state index contributed by atoms with van der Waals surface area (Å²) in [5.41, 5.74) is 3.10. The minimum Gasteiger partial charge on any atom is -0.373 e. The van der Waals surface area contributed by atoms with E-state index in [1.807, 2.05) is 32.2 Å². The molecule has 1 heterocycles. The van der Waals surface area contributed by atoms with Crippen molar-refractivity contribution in [3.63, 3.8) is 0 Å². The fourth-order valence-electron chi connectivity index (χ4n) is 1.99. The Balaban J connectivity index is 2.56. The highest BCUT2D eigenvalue weighted by Gasteiger charge is 2.11. The maximum Gasteiger partial charge on any atom is 0.161 e. The van der Waals surface area contributed by atoms with Crippen LogP contribution in [0.15, 0.2) is 22.7 Å². The first-order valence-corrected chi connectivity index (χ1v) is 7.24. The van der Waals surface area contributed by atoms with Gasteiger partial charge in [0.05, 0.1) is 5.02 Å². The van der Waals surface area contributed by atoms with Gasteiger partial charge in [-0.2, -0.15) is 0 Å². The summed E-state index contributed by atoms with van der Waals surface area (Å²) >= 11 is 9.43. The molecule has 0 amide bonds. The van der Waals surface area contributed by atoms with E-state index in [0.717, 1.165) is 33.5 Å². The molecule has 100 valence electrons. The van der Waals surface area contributed by atoms with E-state index in [2.05, 4.69) is 38.1 Å². The molecule has 0 aliphatic rings. The van der Waals surface area contributed by atoms with Crippen molar-refractivity contribution in [1.82, 2.24) is 9.97 Å². The molecule has 0 aliphatic carbocycles. The predicted molar refractivity (Wildman–Crippen MR) is 83.8 cm³/mol. The lowest BCUT2D eigenvalue weighted by Gasteiger charge is -2.12. The highest BCUT2D eigenvalue weighted by molar-refractivity contribution is 9.10. The molecule has 0 bridgehead atoms. The van der Waals surface area contributed by atoms with E-state index in [9.17, 15) is 0 Å². The van der Waals surface area contributed by atoms with Crippen LogP contribution >= 0.6 is 27.5 Å². The van der Waals surface area contributed by atoms with Gasteiger partial charge >= 0.3 is 0 Å². The molecule has 0 saturated heterocycles. The lowest BCUT2D eigenvalue weighted by Crippen LogP contribution is -2.04. The van der Waals surface area contributed by atoms with Crippen LogP contribution in [-0.2, 0) is 6.42 Å². The number of hydrogen-bond donors (Lipinski definition) is 1. The van der Waals surface area contributed by atoms with Gasteiger partial charge in [0.1, 0.15) is 5.82 Å². The van der Waals surface area contributed by atoms with Crippen molar-refractivity contribution in [2.24, 2.45) is 0 Å². The number of rotatable bonds is 3. The number of nitrogens with zero attached hydrogens (tertiary/aromatic N) is 2. The molecule has 0 fully saturated rings. The van der Waals surface area contributed by atoms with Gasteiger partial charge in [-0.25, -0.2) is 9.97 Å². The summed E-state index contributed by atoms with van der Waals surface area (Å²) < 4.78 is 0.846. The van der Waals surface area contributed by atoms with Crippen LogP contribution in [0.1, 0.15) is 18.2 Å². The highest BCUT2D eigenvalue weighted by atomic mass is 79.9. The zero-order valence-corrected chi connectivity index (χ0v) is 13.4. The lowest BCUT2D eigenvalue weighted by atomic mass is 10.1. The molecule has 0 radical (unpaired) electrons. The van der Waals surface area contributed by atoms with Gasteiger partial charge in [-0.15, -0.1) is 0 Å². The number of aromatic nitrogens is 2. The summed E-state index contributed by atoms with van der Waals surface area (Å²) in [5, 5.41) is 3.81. The fraction of sp³-hybridized carbons (Fsp3) is 0.286. The molecular formula is C14H15BrClN3. The van der Waals surface area contributed by atoms with Crippen LogP contribution in [-0.4, -0.2) is 17.0 Å². The first-order valence-electron chi connectivity index (χ1n) is 6.07. The third-order valence-electron chi connectivity index (χ3n) is 2.98. The van der Waals surface area contributed by atoms with Crippen molar-refractivity contribution >= 4 is 33.3 Å². The van der Waals surface area contributed by atoms with Crippen LogP contribution < -0.4 is 5.32 Å². The Bertz CT molecular complexity index is 614. The molecule has 0 atom stereocenters. The third kappa shape index (κ3) is 2.90. The van der Waals surface area contributed by atoms with Crippen LogP contribution in [0.5, 0.6) is 0 Å². The van der Waals surface area contributed by atoms with Gasteiger partial charge < -0.3 is 5.32 Å². The number of benzene rings is 1. The van der Waals surface area contributed by atoms with Gasteiger partial charge in [0, 0.05) is 28.3 Å². The van der Waals surface area contributed by atoms with Crippen LogP contribution in [0, 0.1) is 6.92 Å². The summed E-state index contributed by atoms with van der Waals surface area (Å²) in [7, 11) is 1.88. The zero-order valence-electron chi connectivity index (χ0n) is 11.1. The smallest absolute Gasteiger partial charge is 0.161 e. The monoisotopic (exact) mass is 339 g/mol. The molecule has 0 aliphatic heterocycles. The van der Waals surface area contributed by atoms with Crippen molar-refractivity contribution in [1.29, 1.82) is 0 Å². The van der Waals surface area contributed by atoms with E-state index < -0.39 is 0 Å². The number of aryl methyl sites for hydroxylation is 1.